The van der Waals surface area contributed by atoms with Crippen LogP contribution in [-0.4, -0.2) is 103 Å². The first-order chi connectivity index (χ1) is 24.9. The van der Waals surface area contributed by atoms with Gasteiger partial charge in [-0.1, -0.05) is 12.1 Å². The molecule has 5 amide bonds. The minimum absolute atomic E-state index is 0. The highest BCUT2D eigenvalue weighted by atomic mass is 35.5. The fraction of sp³-hybridized carbons (Fsp3) is 0.514. The third kappa shape index (κ3) is 18.4. The Morgan fingerprint density at radius 2 is 1.28 bits per heavy atom. The molecule has 1 heterocycles. The van der Waals surface area contributed by atoms with Gasteiger partial charge in [-0.25, -0.2) is 0 Å². The number of hydrogen-bond donors (Lipinski definition) is 12. The van der Waals surface area contributed by atoms with Crippen molar-refractivity contribution in [3.63, 3.8) is 0 Å². The summed E-state index contributed by atoms with van der Waals surface area (Å²) >= 11 is 0. The van der Waals surface area contributed by atoms with E-state index in [1.165, 1.54) is 12.1 Å². The predicted octanol–water partition coefficient (Wildman–Crippen LogP) is -0.469. The SMILES string of the molecule is Cl.Cl.Cl.Cl.Cl.NCCC[C@H](NC(=O)[C@@H]1Cc2cc(ccc2O)-c2ccc(O)c(c2)C[C@H](N)C(=O)N[C@@H](CCCN)C(=O)N1)C(=O)NCCC[C@H](N)C(=O)NCCN. The van der Waals surface area contributed by atoms with E-state index in [1.54, 1.807) is 24.3 Å². The molecule has 0 aromatic heterocycles. The highest BCUT2D eigenvalue weighted by Crippen LogP contribution is 2.31. The number of fused-ring (bicyclic) bond motifs is 5. The summed E-state index contributed by atoms with van der Waals surface area (Å²) in [6, 6.07) is 4.23. The average Bonchev–Trinajstić information content (AvgIpc) is 3.13. The van der Waals surface area contributed by atoms with Crippen molar-refractivity contribution in [2.24, 2.45) is 28.7 Å². The Bertz CT molecular complexity index is 1570. The van der Waals surface area contributed by atoms with Crippen molar-refractivity contribution in [1.29, 1.82) is 0 Å². The van der Waals surface area contributed by atoms with Crippen molar-refractivity contribution in [1.82, 2.24) is 26.6 Å². The number of hydrogen-bond acceptors (Lipinski definition) is 12. The zero-order valence-electron chi connectivity index (χ0n) is 31.4. The Morgan fingerprint density at radius 1 is 0.719 bits per heavy atom. The molecule has 2 aromatic rings. The number of nitrogens with one attached hydrogen (secondary N) is 5. The van der Waals surface area contributed by atoms with Crippen LogP contribution >= 0.6 is 62.0 Å². The van der Waals surface area contributed by atoms with E-state index in [-0.39, 0.29) is 131 Å². The summed E-state index contributed by atoms with van der Waals surface area (Å²) in [6.07, 6.45) is 1.54. The van der Waals surface area contributed by atoms with Gasteiger partial charge in [-0.3, -0.25) is 24.0 Å². The van der Waals surface area contributed by atoms with E-state index in [0.717, 1.165) is 0 Å². The predicted molar refractivity (Wildman–Crippen MR) is 231 cm³/mol. The first kappa shape index (κ1) is 58.0. The number of carbonyl (C=O) groups excluding carboxylic acids is 5. The molecule has 22 heteroatoms. The molecule has 326 valence electrons. The number of benzene rings is 2. The fourth-order valence-electron chi connectivity index (χ4n) is 5.74. The van der Waals surface area contributed by atoms with Crippen LogP contribution in [0.3, 0.4) is 0 Å². The van der Waals surface area contributed by atoms with Gasteiger partial charge in [0.2, 0.25) is 29.5 Å². The van der Waals surface area contributed by atoms with Crippen molar-refractivity contribution in [3.05, 3.63) is 47.5 Å². The van der Waals surface area contributed by atoms with E-state index in [9.17, 15) is 34.2 Å². The van der Waals surface area contributed by atoms with Crippen molar-refractivity contribution < 1.29 is 34.2 Å². The van der Waals surface area contributed by atoms with Crippen molar-refractivity contribution >= 4 is 91.6 Å². The number of aromatic hydroxyl groups is 2. The Kier molecular flexibility index (Phi) is 30.3. The minimum Gasteiger partial charge on any atom is -0.508 e. The van der Waals surface area contributed by atoms with Crippen LogP contribution in [0.2, 0.25) is 0 Å². The third-order valence-corrected chi connectivity index (χ3v) is 8.76. The molecule has 1 aliphatic rings. The second-order valence-corrected chi connectivity index (χ2v) is 12.9. The molecule has 4 bridgehead atoms. The van der Waals surface area contributed by atoms with Gasteiger partial charge in [0, 0.05) is 32.5 Å². The number of nitrogens with two attached hydrogens (primary N) is 5. The van der Waals surface area contributed by atoms with Crippen molar-refractivity contribution in [2.75, 3.05) is 32.7 Å². The Labute approximate surface area is 363 Å². The van der Waals surface area contributed by atoms with Crippen LogP contribution in [0, 0.1) is 0 Å². The summed E-state index contributed by atoms with van der Waals surface area (Å²) in [6.45, 7) is 1.23. The molecule has 17 N–H and O–H groups in total. The Morgan fingerprint density at radius 3 is 1.84 bits per heavy atom. The van der Waals surface area contributed by atoms with Crippen LogP contribution < -0.4 is 55.3 Å². The number of phenolic OH excluding ortho intramolecular Hbond substituents is 2. The van der Waals surface area contributed by atoms with Crippen LogP contribution in [0.15, 0.2) is 36.4 Å². The zero-order chi connectivity index (χ0) is 38.2. The maximum Gasteiger partial charge on any atom is 0.243 e. The molecule has 0 saturated carbocycles. The molecule has 1 aliphatic heterocycles. The van der Waals surface area contributed by atoms with Crippen molar-refractivity contribution in [2.45, 2.75) is 81.6 Å². The van der Waals surface area contributed by atoms with Crippen LogP contribution in [0.25, 0.3) is 11.1 Å². The summed E-state index contributed by atoms with van der Waals surface area (Å²) in [7, 11) is 0. The molecule has 2 aromatic carbocycles. The van der Waals surface area contributed by atoms with Gasteiger partial charge in [0.05, 0.1) is 12.1 Å². The lowest BCUT2D eigenvalue weighted by molar-refractivity contribution is -0.134. The summed E-state index contributed by atoms with van der Waals surface area (Å²) in [5.74, 6) is -3.10. The first-order valence-corrected chi connectivity index (χ1v) is 17.6. The molecule has 0 unspecified atom stereocenters. The second-order valence-electron chi connectivity index (χ2n) is 12.9. The molecule has 0 spiro atoms. The van der Waals surface area contributed by atoms with E-state index in [0.29, 0.717) is 54.5 Å². The first-order valence-electron chi connectivity index (χ1n) is 17.6. The maximum atomic E-state index is 14.0. The molecule has 0 saturated heterocycles. The van der Waals surface area contributed by atoms with Gasteiger partial charge in [-0.2, -0.15) is 0 Å². The molecule has 5 atom stereocenters. The molecular formula is C35H59Cl5N10O7. The summed E-state index contributed by atoms with van der Waals surface area (Å²) in [5, 5.41) is 34.9. The lowest BCUT2D eigenvalue weighted by atomic mass is 9.95. The number of phenols is 2. The van der Waals surface area contributed by atoms with Crippen LogP contribution in [0.5, 0.6) is 11.5 Å². The quantitative estimate of drug-likeness (QED) is 0.0952. The topological polar surface area (TPSA) is 316 Å². The van der Waals surface area contributed by atoms with Crippen molar-refractivity contribution in [3.8, 4) is 22.6 Å². The van der Waals surface area contributed by atoms with E-state index >= 15 is 0 Å². The molecule has 0 radical (unpaired) electrons. The van der Waals surface area contributed by atoms with Gasteiger partial charge in [0.15, 0.2) is 0 Å². The van der Waals surface area contributed by atoms with Gasteiger partial charge < -0.3 is 65.5 Å². The van der Waals surface area contributed by atoms with E-state index in [4.69, 9.17) is 28.7 Å². The number of halogens is 5. The normalized spacial score (nSPS) is 17.2. The standard InChI is InChI=1S/C35H54N10O7.5ClH/c36-11-1-5-26(33(50)41-14-3-4-24(39)31(48)42-15-13-38)44-35(52)28-19-23-17-21(8-10-30(23)47)20-7-9-29(46)22(16-20)18-25(40)32(49)43-27(6-2-12-37)34(51)45-28;;;;;/h7-10,16-17,24-28,46-47H,1-6,11-15,18-19,36-40H2,(H,41,50)(H,42,48)(H,43,49)(H,44,52)(H,45,51);5*1H/t24-,25-,26-,27-,28-;;;;;/m0...../s1. The fourth-order valence-corrected chi connectivity index (χ4v) is 5.74. The van der Waals surface area contributed by atoms with Crippen LogP contribution in [0.1, 0.15) is 49.7 Å². The zero-order valence-corrected chi connectivity index (χ0v) is 35.5. The Balaban J connectivity index is -0.00000583. The third-order valence-electron chi connectivity index (χ3n) is 8.76. The molecule has 57 heavy (non-hydrogen) atoms. The van der Waals surface area contributed by atoms with Gasteiger partial charge in [0.25, 0.3) is 0 Å². The number of carbonyl (C=O) groups is 5. The molecule has 0 fully saturated rings. The monoisotopic (exact) mass is 906 g/mol. The van der Waals surface area contributed by atoms with E-state index in [1.807, 2.05) is 0 Å². The van der Waals surface area contributed by atoms with Gasteiger partial charge in [-0.05, 0) is 98.1 Å². The lowest BCUT2D eigenvalue weighted by Crippen LogP contribution is -2.58. The average molecular weight is 909 g/mol. The van der Waals surface area contributed by atoms with Crippen LogP contribution in [0.4, 0.5) is 0 Å². The molecule has 3 rings (SSSR count). The molecular weight excluding hydrogens is 850 g/mol. The smallest absolute Gasteiger partial charge is 0.243 e. The van der Waals surface area contributed by atoms with E-state index in [2.05, 4.69) is 26.6 Å². The highest BCUT2D eigenvalue weighted by Gasteiger charge is 2.31. The maximum absolute atomic E-state index is 14.0. The number of amides is 5. The van der Waals surface area contributed by atoms with Gasteiger partial charge >= 0.3 is 0 Å². The minimum atomic E-state index is -1.31. The summed E-state index contributed by atoms with van der Waals surface area (Å²) < 4.78 is 0. The summed E-state index contributed by atoms with van der Waals surface area (Å²) in [4.78, 5) is 66.2. The largest absolute Gasteiger partial charge is 0.508 e. The van der Waals surface area contributed by atoms with Crippen LogP contribution in [-0.2, 0) is 36.8 Å². The Hall–Kier alpha value is -3.36. The lowest BCUT2D eigenvalue weighted by Gasteiger charge is -2.26. The summed E-state index contributed by atoms with van der Waals surface area (Å²) in [5.41, 5.74) is 31.0. The molecule has 0 aliphatic carbocycles. The highest BCUT2D eigenvalue weighted by molar-refractivity contribution is 5.95. The number of rotatable bonds is 16. The second kappa shape index (κ2) is 29.8. The van der Waals surface area contributed by atoms with E-state index < -0.39 is 53.8 Å². The van der Waals surface area contributed by atoms with Gasteiger partial charge in [0.1, 0.15) is 29.6 Å². The van der Waals surface area contributed by atoms with Gasteiger partial charge in [-0.15, -0.1) is 62.0 Å². The molecule has 17 nitrogen and oxygen atoms in total.